The van der Waals surface area contributed by atoms with Gasteiger partial charge in [0.2, 0.25) is 0 Å². The maximum Gasteiger partial charge on any atom is 0.270 e. The van der Waals surface area contributed by atoms with Crippen LogP contribution in [0, 0.1) is 11.6 Å². The van der Waals surface area contributed by atoms with Gasteiger partial charge in [-0.3, -0.25) is 0 Å². The summed E-state index contributed by atoms with van der Waals surface area (Å²) in [5.41, 5.74) is 7.63. The molecule has 0 atom stereocenters. The van der Waals surface area contributed by atoms with E-state index in [1.54, 1.807) is 0 Å². The van der Waals surface area contributed by atoms with E-state index in [9.17, 15) is 17.2 Å². The molecule has 25 heavy (non-hydrogen) atoms. The smallest absolute Gasteiger partial charge is 0.270 e. The Labute approximate surface area is 146 Å². The van der Waals surface area contributed by atoms with Crippen molar-refractivity contribution in [2.75, 3.05) is 0 Å². The van der Waals surface area contributed by atoms with Gasteiger partial charge >= 0.3 is 0 Å². The molecule has 2 aromatic rings. The minimum atomic E-state index is -3.38. The average molecular weight is 369 g/mol. The van der Waals surface area contributed by atoms with Crippen molar-refractivity contribution in [2.24, 2.45) is 5.73 Å². The van der Waals surface area contributed by atoms with Crippen molar-refractivity contribution in [3.63, 3.8) is 0 Å². The van der Waals surface area contributed by atoms with Crippen molar-refractivity contribution in [2.45, 2.75) is 43.8 Å². The Bertz CT molecular complexity index is 702. The maximum absolute atomic E-state index is 14.0. The lowest BCUT2D eigenvalue weighted by Crippen LogP contribution is -2.25. The molecule has 1 nitrogen and oxygen atoms in total. The number of benzene rings is 2. The second-order valence-electron chi connectivity index (χ2n) is 6.61. The molecule has 2 N–H and O–H groups in total. The first-order valence-electron chi connectivity index (χ1n) is 8.37. The van der Waals surface area contributed by atoms with Gasteiger partial charge in [-0.2, -0.15) is 8.39 Å². The number of rotatable bonds is 4. The molecule has 134 valence electrons. The normalized spacial score (nSPS) is 20.9. The lowest BCUT2D eigenvalue weighted by molar-refractivity contribution is 0.395. The highest BCUT2D eigenvalue weighted by atomic mass is 31.2. The SMILES string of the molecule is NC1CCC(c2ccc(-c3cc(F)c(CP(F)F)c(F)c3)cc2)CC1. The molecule has 1 saturated carbocycles. The van der Waals surface area contributed by atoms with Crippen LogP contribution in [0.2, 0.25) is 0 Å². The molecule has 0 bridgehead atoms. The zero-order chi connectivity index (χ0) is 18.0. The molecule has 0 spiro atoms. The Morgan fingerprint density at radius 2 is 1.44 bits per heavy atom. The second-order valence-corrected chi connectivity index (χ2v) is 7.54. The summed E-state index contributed by atoms with van der Waals surface area (Å²) in [7, 11) is -3.38. The van der Waals surface area contributed by atoms with E-state index in [0.717, 1.165) is 37.8 Å². The highest BCUT2D eigenvalue weighted by Crippen LogP contribution is 2.44. The molecule has 0 saturated heterocycles. The summed E-state index contributed by atoms with van der Waals surface area (Å²) in [4.78, 5) is 0. The minimum absolute atomic E-state index is 0.287. The van der Waals surface area contributed by atoms with E-state index < -0.39 is 31.9 Å². The fourth-order valence-electron chi connectivity index (χ4n) is 3.44. The first-order chi connectivity index (χ1) is 11.9. The van der Waals surface area contributed by atoms with Gasteiger partial charge in [-0.1, -0.05) is 24.3 Å². The monoisotopic (exact) mass is 369 g/mol. The Morgan fingerprint density at radius 1 is 0.880 bits per heavy atom. The fourth-order valence-corrected chi connectivity index (χ4v) is 3.98. The van der Waals surface area contributed by atoms with Gasteiger partial charge in [0, 0.05) is 11.6 Å². The zero-order valence-electron chi connectivity index (χ0n) is 13.7. The molecule has 0 amide bonds. The molecule has 0 radical (unpaired) electrons. The van der Waals surface area contributed by atoms with E-state index in [0.29, 0.717) is 17.0 Å². The highest BCUT2D eigenvalue weighted by molar-refractivity contribution is 7.45. The van der Waals surface area contributed by atoms with Gasteiger partial charge in [0.15, 0.2) is 0 Å². The summed E-state index contributed by atoms with van der Waals surface area (Å²) in [5, 5.41) is 0. The minimum Gasteiger partial charge on any atom is -0.328 e. The molecular formula is C19H20F4NP. The molecule has 1 fully saturated rings. The van der Waals surface area contributed by atoms with Crippen molar-refractivity contribution in [3.05, 3.63) is 59.2 Å². The Kier molecular flexibility index (Phi) is 5.75. The maximum atomic E-state index is 14.0. The third-order valence-electron chi connectivity index (χ3n) is 4.91. The van der Waals surface area contributed by atoms with Crippen molar-refractivity contribution in [1.82, 2.24) is 0 Å². The number of hydrogen-bond donors (Lipinski definition) is 1. The molecular weight excluding hydrogens is 349 g/mol. The van der Waals surface area contributed by atoms with Crippen LogP contribution in [0.5, 0.6) is 0 Å². The molecule has 1 aliphatic rings. The topological polar surface area (TPSA) is 26.0 Å². The highest BCUT2D eigenvalue weighted by Gasteiger charge is 2.20. The summed E-state index contributed by atoms with van der Waals surface area (Å²) in [6, 6.07) is 10.2. The third-order valence-corrected chi connectivity index (χ3v) is 5.46. The predicted octanol–water partition coefficient (Wildman–Crippen LogP) is 6.37. The van der Waals surface area contributed by atoms with Gasteiger partial charge in [0.1, 0.15) is 11.6 Å². The van der Waals surface area contributed by atoms with Crippen LogP contribution in [0.1, 0.15) is 42.7 Å². The van der Waals surface area contributed by atoms with Crippen LogP contribution in [0.3, 0.4) is 0 Å². The van der Waals surface area contributed by atoms with E-state index in [-0.39, 0.29) is 6.04 Å². The van der Waals surface area contributed by atoms with Gasteiger partial charge in [0.05, 0.1) is 6.16 Å². The van der Waals surface area contributed by atoms with Gasteiger partial charge < -0.3 is 5.73 Å². The molecule has 2 aromatic carbocycles. The van der Waals surface area contributed by atoms with Crippen LogP contribution in [-0.4, -0.2) is 6.04 Å². The average Bonchev–Trinajstić information content (AvgIpc) is 2.59. The summed E-state index contributed by atoms with van der Waals surface area (Å²) in [6.07, 6.45) is 3.27. The van der Waals surface area contributed by atoms with E-state index in [1.807, 2.05) is 24.3 Å². The van der Waals surface area contributed by atoms with E-state index in [1.165, 1.54) is 5.56 Å². The Balaban J connectivity index is 1.80. The summed E-state index contributed by atoms with van der Waals surface area (Å²) >= 11 is 0. The van der Waals surface area contributed by atoms with Crippen LogP contribution in [-0.2, 0) is 6.16 Å². The quantitative estimate of drug-likeness (QED) is 0.492. The molecule has 3 rings (SSSR count). The standard InChI is InChI=1S/C19H20F4NP/c20-18-9-15(10-19(21)17(18)11-25(22)23)14-3-1-12(2-4-14)13-5-7-16(24)8-6-13/h1-4,9-10,13,16H,5-8,11,24H2. The molecule has 0 unspecified atom stereocenters. The first-order valence-corrected chi connectivity index (χ1v) is 9.68. The molecule has 1 aliphatic carbocycles. The summed E-state index contributed by atoms with van der Waals surface area (Å²) in [5.74, 6) is -1.36. The van der Waals surface area contributed by atoms with Gasteiger partial charge in [0.25, 0.3) is 8.54 Å². The van der Waals surface area contributed by atoms with Gasteiger partial charge in [-0.05, 0) is 60.4 Å². The van der Waals surface area contributed by atoms with Gasteiger partial charge in [-0.25, -0.2) is 8.78 Å². The third kappa shape index (κ3) is 4.39. The van der Waals surface area contributed by atoms with Crippen molar-refractivity contribution in [1.29, 1.82) is 0 Å². The number of halogens is 4. The van der Waals surface area contributed by atoms with Crippen LogP contribution in [0.15, 0.2) is 36.4 Å². The predicted molar refractivity (Wildman–Crippen MR) is 93.8 cm³/mol. The number of nitrogens with two attached hydrogens (primary N) is 1. The van der Waals surface area contributed by atoms with Crippen LogP contribution >= 0.6 is 8.54 Å². The van der Waals surface area contributed by atoms with Crippen LogP contribution < -0.4 is 5.73 Å². The molecule has 0 aliphatic heterocycles. The molecule has 0 aromatic heterocycles. The molecule has 6 heteroatoms. The lowest BCUT2D eigenvalue weighted by atomic mass is 9.82. The Morgan fingerprint density at radius 3 is 1.96 bits per heavy atom. The summed E-state index contributed by atoms with van der Waals surface area (Å²) in [6.45, 7) is 0. The van der Waals surface area contributed by atoms with Crippen LogP contribution in [0.25, 0.3) is 11.1 Å². The number of hydrogen-bond acceptors (Lipinski definition) is 1. The second kappa shape index (κ2) is 7.84. The van der Waals surface area contributed by atoms with Crippen molar-refractivity contribution < 1.29 is 17.2 Å². The van der Waals surface area contributed by atoms with E-state index in [4.69, 9.17) is 5.73 Å². The van der Waals surface area contributed by atoms with Crippen LogP contribution in [0.4, 0.5) is 17.2 Å². The van der Waals surface area contributed by atoms with E-state index >= 15 is 0 Å². The zero-order valence-corrected chi connectivity index (χ0v) is 14.6. The largest absolute Gasteiger partial charge is 0.328 e. The Hall–Kier alpha value is -1.45. The van der Waals surface area contributed by atoms with E-state index in [2.05, 4.69) is 0 Å². The summed E-state index contributed by atoms with van der Waals surface area (Å²) < 4.78 is 52.9. The first kappa shape index (κ1) is 18.3. The van der Waals surface area contributed by atoms with Gasteiger partial charge in [-0.15, -0.1) is 0 Å². The van der Waals surface area contributed by atoms with Crippen molar-refractivity contribution >= 4 is 8.54 Å². The van der Waals surface area contributed by atoms with Crippen molar-refractivity contribution in [3.8, 4) is 11.1 Å². The lowest BCUT2D eigenvalue weighted by Gasteiger charge is -2.26. The molecule has 0 heterocycles. The fraction of sp³-hybridized carbons (Fsp3) is 0.368.